The summed E-state index contributed by atoms with van der Waals surface area (Å²) in [4.78, 5) is 51.0. The molecule has 0 unspecified atom stereocenters. The molecular weight excluding hydrogens is 544 g/mol. The van der Waals surface area contributed by atoms with Crippen LogP contribution < -0.4 is 20.7 Å². The zero-order chi connectivity index (χ0) is 29.4. The van der Waals surface area contributed by atoms with Gasteiger partial charge in [-0.15, -0.1) is 0 Å². The molecule has 2 aromatic heterocycles. The first kappa shape index (κ1) is 29.9. The largest absolute Gasteiger partial charge is 0.489 e. The van der Waals surface area contributed by atoms with E-state index in [4.69, 9.17) is 10.5 Å². The van der Waals surface area contributed by atoms with E-state index in [0.717, 1.165) is 47.1 Å². The number of nitrogens with zero attached hydrogens (tertiary/aromatic N) is 3. The van der Waals surface area contributed by atoms with Crippen LogP contribution in [-0.4, -0.2) is 57.4 Å². The van der Waals surface area contributed by atoms with E-state index in [1.165, 1.54) is 36.6 Å². The third-order valence-corrected chi connectivity index (χ3v) is 8.02. The number of rotatable bonds is 8. The quantitative estimate of drug-likeness (QED) is 0.369. The lowest BCUT2D eigenvalue weighted by molar-refractivity contribution is -0.130. The molecule has 3 aromatic rings. The van der Waals surface area contributed by atoms with Crippen LogP contribution >= 0.6 is 11.3 Å². The fraction of sp³-hybridized carbons (Fsp3) is 0.448. The van der Waals surface area contributed by atoms with E-state index >= 15 is 0 Å². The van der Waals surface area contributed by atoms with E-state index in [1.54, 1.807) is 29.2 Å². The second kappa shape index (κ2) is 14.0. The fourth-order valence-electron chi connectivity index (χ4n) is 5.06. The van der Waals surface area contributed by atoms with E-state index in [2.05, 4.69) is 26.6 Å². The summed E-state index contributed by atoms with van der Waals surface area (Å²) in [5.74, 6) is 0.357. The number of carbonyl (C=O) groups excluding carboxylic acids is 3. The molecule has 1 atom stereocenters. The van der Waals surface area contributed by atoms with Crippen LogP contribution in [0.15, 0.2) is 35.1 Å². The molecule has 0 radical (unpaired) electrons. The number of primary amides is 1. The lowest BCUT2D eigenvalue weighted by Gasteiger charge is -2.19. The minimum atomic E-state index is -0.426. The van der Waals surface area contributed by atoms with Crippen molar-refractivity contribution in [2.45, 2.75) is 64.9 Å². The number of aryl methyl sites for hydroxylation is 2. The molecule has 1 saturated heterocycles. The van der Waals surface area contributed by atoms with Gasteiger partial charge in [-0.25, -0.2) is 5.10 Å². The van der Waals surface area contributed by atoms with E-state index in [0.29, 0.717) is 38.2 Å². The number of likely N-dealkylation sites (tertiary alicyclic amines) is 1. The monoisotopic (exact) mass is 580 g/mol. The maximum Gasteiger partial charge on any atom is 0.322 e. The van der Waals surface area contributed by atoms with Gasteiger partial charge in [0.2, 0.25) is 17.7 Å². The number of pyridine rings is 1. The maximum absolute atomic E-state index is 11.9. The summed E-state index contributed by atoms with van der Waals surface area (Å²) in [5, 5.41) is 9.73. The summed E-state index contributed by atoms with van der Waals surface area (Å²) in [7, 11) is 0. The van der Waals surface area contributed by atoms with E-state index in [-0.39, 0.29) is 22.6 Å². The summed E-state index contributed by atoms with van der Waals surface area (Å²) in [6.07, 6.45) is 5.73. The molecule has 5 rings (SSSR count). The highest BCUT2D eigenvalue weighted by atomic mass is 32.1. The van der Waals surface area contributed by atoms with Crippen LogP contribution in [-0.2, 0) is 29.0 Å². The van der Waals surface area contributed by atoms with Gasteiger partial charge in [-0.1, -0.05) is 11.3 Å². The van der Waals surface area contributed by atoms with Gasteiger partial charge in [-0.05, 0) is 80.5 Å². The van der Waals surface area contributed by atoms with Crippen molar-refractivity contribution in [2.75, 3.05) is 19.6 Å². The summed E-state index contributed by atoms with van der Waals surface area (Å²) in [6, 6.07) is 9.04. The van der Waals surface area contributed by atoms with Gasteiger partial charge in [0.05, 0.1) is 0 Å². The third-order valence-electron chi connectivity index (χ3n) is 7.11. The Balaban J connectivity index is 0.000000191. The van der Waals surface area contributed by atoms with Gasteiger partial charge in [-0.3, -0.25) is 24.2 Å². The third kappa shape index (κ3) is 8.46. The SMILES string of the molecule is CC(=O)NCCC(=O)N1CC[C@@H](c2n[nH]c(=O)s2)C1.Cc1cc(COc2ccc(C(N)=O)cc2)c2c(n1)CCCC2. The van der Waals surface area contributed by atoms with E-state index in [1.807, 2.05) is 6.92 Å². The summed E-state index contributed by atoms with van der Waals surface area (Å²) >= 11 is 1.10. The molecule has 1 fully saturated rings. The lowest BCUT2D eigenvalue weighted by Crippen LogP contribution is -2.32. The average molecular weight is 581 g/mol. The fourth-order valence-corrected chi connectivity index (χ4v) is 5.79. The molecule has 0 spiro atoms. The van der Waals surface area contributed by atoms with Gasteiger partial charge >= 0.3 is 4.87 Å². The van der Waals surface area contributed by atoms with Crippen LogP contribution in [0.3, 0.4) is 0 Å². The zero-order valence-electron chi connectivity index (χ0n) is 23.4. The van der Waals surface area contributed by atoms with Crippen LogP contribution in [0.4, 0.5) is 0 Å². The number of amides is 3. The molecule has 12 heteroatoms. The second-order valence-corrected chi connectivity index (χ2v) is 11.2. The van der Waals surface area contributed by atoms with Crippen molar-refractivity contribution in [3.05, 3.63) is 73.1 Å². The standard InChI is InChI=1S/C18H20N2O2.C11H16N4O3S/c1-12-10-14(16-4-2-3-5-17(16)20-12)11-22-15-8-6-13(7-9-15)18(19)21;1-7(16)12-4-2-9(17)15-5-3-8(6-15)10-13-14-11(18)19-10/h6-10H,2-5,11H2,1H3,(H2,19,21);8H,2-6H2,1H3,(H,12,16)(H,14,18)/t;8-/m.1/s1. The van der Waals surface area contributed by atoms with Gasteiger partial charge in [0.1, 0.15) is 17.4 Å². The Hall–Kier alpha value is -4.06. The molecule has 3 amide bonds. The average Bonchev–Trinajstić information content (AvgIpc) is 3.61. The topological polar surface area (TPSA) is 160 Å². The molecule has 218 valence electrons. The molecule has 0 bridgehead atoms. The highest BCUT2D eigenvalue weighted by Crippen LogP contribution is 2.27. The number of ether oxygens (including phenoxy) is 1. The minimum Gasteiger partial charge on any atom is -0.489 e. The van der Waals surface area contributed by atoms with Crippen molar-refractivity contribution in [2.24, 2.45) is 5.73 Å². The highest BCUT2D eigenvalue weighted by Gasteiger charge is 2.29. The summed E-state index contributed by atoms with van der Waals surface area (Å²) < 4.78 is 5.87. The number of nitrogens with one attached hydrogen (secondary N) is 2. The van der Waals surface area contributed by atoms with Crippen LogP contribution in [0.1, 0.15) is 76.4 Å². The molecule has 1 aromatic carbocycles. The van der Waals surface area contributed by atoms with Crippen LogP contribution in [0.5, 0.6) is 5.75 Å². The van der Waals surface area contributed by atoms with Crippen molar-refractivity contribution in [3.63, 3.8) is 0 Å². The molecule has 41 heavy (non-hydrogen) atoms. The minimum absolute atomic E-state index is 0.0270. The van der Waals surface area contributed by atoms with E-state index < -0.39 is 5.91 Å². The number of carbonyl (C=O) groups is 3. The molecule has 0 saturated carbocycles. The summed E-state index contributed by atoms with van der Waals surface area (Å²) in [6.45, 7) is 5.62. The van der Waals surface area contributed by atoms with Crippen molar-refractivity contribution in [3.8, 4) is 5.75 Å². The first-order chi connectivity index (χ1) is 19.7. The molecular formula is C29H36N6O5S. The number of nitrogens with two attached hydrogens (primary N) is 1. The normalized spacial score (nSPS) is 15.9. The number of hydrogen-bond acceptors (Lipinski definition) is 8. The van der Waals surface area contributed by atoms with Crippen molar-refractivity contribution in [1.82, 2.24) is 25.4 Å². The Labute approximate surface area is 242 Å². The number of aromatic amines is 1. The van der Waals surface area contributed by atoms with Gasteiger partial charge in [0.15, 0.2) is 0 Å². The highest BCUT2D eigenvalue weighted by molar-refractivity contribution is 7.08. The maximum atomic E-state index is 11.9. The Morgan fingerprint density at radius 2 is 1.95 bits per heavy atom. The number of fused-ring (bicyclic) bond motifs is 1. The number of H-pyrrole nitrogens is 1. The summed E-state index contributed by atoms with van der Waals surface area (Å²) in [5.41, 5.74) is 10.6. The van der Waals surface area contributed by atoms with Crippen LogP contribution in [0.25, 0.3) is 0 Å². The van der Waals surface area contributed by atoms with E-state index in [9.17, 15) is 19.2 Å². The van der Waals surface area contributed by atoms with Crippen molar-refractivity contribution in [1.29, 1.82) is 0 Å². The molecule has 1 aliphatic carbocycles. The lowest BCUT2D eigenvalue weighted by atomic mass is 9.92. The Bertz CT molecular complexity index is 1430. The van der Waals surface area contributed by atoms with Crippen molar-refractivity contribution >= 4 is 29.1 Å². The molecule has 11 nitrogen and oxygen atoms in total. The predicted octanol–water partition coefficient (Wildman–Crippen LogP) is 2.62. The van der Waals surface area contributed by atoms with Gasteiger partial charge in [0, 0.05) is 55.8 Å². The molecule has 4 N–H and O–H groups in total. The molecule has 1 aliphatic heterocycles. The number of hydrogen-bond donors (Lipinski definition) is 3. The smallest absolute Gasteiger partial charge is 0.322 e. The zero-order valence-corrected chi connectivity index (χ0v) is 24.2. The number of aromatic nitrogens is 3. The Morgan fingerprint density at radius 3 is 2.63 bits per heavy atom. The molecule has 2 aliphatic rings. The second-order valence-electron chi connectivity index (χ2n) is 10.2. The van der Waals surface area contributed by atoms with Crippen LogP contribution in [0, 0.1) is 6.92 Å². The predicted molar refractivity (Wildman–Crippen MR) is 155 cm³/mol. The van der Waals surface area contributed by atoms with Crippen molar-refractivity contribution < 1.29 is 19.1 Å². The van der Waals surface area contributed by atoms with Gasteiger partial charge in [-0.2, -0.15) is 5.10 Å². The van der Waals surface area contributed by atoms with Crippen LogP contribution in [0.2, 0.25) is 0 Å². The Morgan fingerprint density at radius 1 is 1.20 bits per heavy atom. The first-order valence-electron chi connectivity index (χ1n) is 13.8. The first-order valence-corrected chi connectivity index (χ1v) is 14.6. The Kier molecular flexibility index (Phi) is 10.2. The van der Waals surface area contributed by atoms with Gasteiger partial charge in [0.25, 0.3) is 0 Å². The number of benzene rings is 1. The molecule has 3 heterocycles. The van der Waals surface area contributed by atoms with Gasteiger partial charge < -0.3 is 20.7 Å².